The first-order chi connectivity index (χ1) is 10.7. The third-order valence-electron chi connectivity index (χ3n) is 4.77. The molecule has 0 aliphatic carbocycles. The van der Waals surface area contributed by atoms with Crippen LogP contribution < -0.4 is 0 Å². The highest BCUT2D eigenvalue weighted by Gasteiger charge is 2.38. The van der Waals surface area contributed by atoms with Gasteiger partial charge in [0.1, 0.15) is 17.7 Å². The molecule has 5 nitrogen and oxygen atoms in total. The molecule has 5 heteroatoms. The fraction of sp³-hybridized carbons (Fsp3) is 0.529. The lowest BCUT2D eigenvalue weighted by Gasteiger charge is -2.33. The predicted octanol–water partition coefficient (Wildman–Crippen LogP) is 2.71. The van der Waals surface area contributed by atoms with Gasteiger partial charge < -0.3 is 9.15 Å². The van der Waals surface area contributed by atoms with Crippen molar-refractivity contribution in [1.29, 1.82) is 0 Å². The van der Waals surface area contributed by atoms with E-state index in [0.717, 1.165) is 49.3 Å². The van der Waals surface area contributed by atoms with E-state index in [0.29, 0.717) is 5.92 Å². The Morgan fingerprint density at radius 3 is 2.68 bits per heavy atom. The monoisotopic (exact) mass is 300 g/mol. The van der Waals surface area contributed by atoms with Crippen LogP contribution in [-0.2, 0) is 9.53 Å². The van der Waals surface area contributed by atoms with Crippen molar-refractivity contribution in [3.63, 3.8) is 0 Å². The fourth-order valence-electron chi connectivity index (χ4n) is 3.56. The van der Waals surface area contributed by atoms with Gasteiger partial charge in [-0.25, -0.2) is 4.98 Å². The van der Waals surface area contributed by atoms with Gasteiger partial charge in [0.15, 0.2) is 11.5 Å². The molecule has 2 aliphatic rings. The van der Waals surface area contributed by atoms with Crippen molar-refractivity contribution in [2.24, 2.45) is 0 Å². The van der Waals surface area contributed by atoms with Gasteiger partial charge in [0.05, 0.1) is 0 Å². The summed E-state index contributed by atoms with van der Waals surface area (Å²) in [6, 6.07) is 7.82. The minimum atomic E-state index is -0.0622. The average molecular weight is 300 g/mol. The molecular formula is C17H20N2O3. The van der Waals surface area contributed by atoms with E-state index in [2.05, 4.69) is 9.88 Å². The number of aromatic nitrogens is 1. The Hall–Kier alpha value is -1.88. The van der Waals surface area contributed by atoms with Crippen molar-refractivity contribution >= 4 is 17.1 Å². The highest BCUT2D eigenvalue weighted by Crippen LogP contribution is 2.32. The van der Waals surface area contributed by atoms with Crippen molar-refractivity contribution in [3.8, 4) is 0 Å². The molecule has 0 amide bonds. The van der Waals surface area contributed by atoms with Crippen LogP contribution in [0.5, 0.6) is 0 Å². The van der Waals surface area contributed by atoms with Crippen LogP contribution in [0.25, 0.3) is 11.1 Å². The van der Waals surface area contributed by atoms with Gasteiger partial charge in [-0.2, -0.15) is 0 Å². The third-order valence-corrected chi connectivity index (χ3v) is 4.77. The van der Waals surface area contributed by atoms with Crippen molar-refractivity contribution in [2.75, 3.05) is 13.1 Å². The fourth-order valence-corrected chi connectivity index (χ4v) is 3.56. The van der Waals surface area contributed by atoms with Gasteiger partial charge in [-0.15, -0.1) is 0 Å². The number of ether oxygens (including phenoxy) is 1. The minimum Gasteiger partial charge on any atom is -0.461 e. The number of benzene rings is 1. The van der Waals surface area contributed by atoms with E-state index in [9.17, 15) is 4.79 Å². The largest absolute Gasteiger partial charge is 0.461 e. The summed E-state index contributed by atoms with van der Waals surface area (Å²) in [5, 5.41) is 0. The number of fused-ring (bicyclic) bond motifs is 1. The molecule has 2 aromatic rings. The van der Waals surface area contributed by atoms with Crippen LogP contribution in [0.3, 0.4) is 0 Å². The van der Waals surface area contributed by atoms with Crippen LogP contribution >= 0.6 is 0 Å². The van der Waals surface area contributed by atoms with E-state index < -0.39 is 0 Å². The molecule has 2 aliphatic heterocycles. The van der Waals surface area contributed by atoms with Crippen LogP contribution in [0.2, 0.25) is 0 Å². The number of nitrogens with zero attached hydrogens (tertiary/aromatic N) is 2. The topological polar surface area (TPSA) is 55.6 Å². The Balaban J connectivity index is 1.44. The molecule has 3 heterocycles. The number of para-hydroxylation sites is 2. The average Bonchev–Trinajstić information content (AvgIpc) is 3.10. The molecule has 0 N–H and O–H groups in total. The van der Waals surface area contributed by atoms with Crippen LogP contribution in [0.15, 0.2) is 28.7 Å². The van der Waals surface area contributed by atoms with Crippen LogP contribution in [0, 0.1) is 0 Å². The number of piperidine rings is 1. The molecule has 2 atom stereocenters. The molecule has 1 aromatic carbocycles. The van der Waals surface area contributed by atoms with E-state index >= 15 is 0 Å². The molecule has 4 rings (SSSR count). The van der Waals surface area contributed by atoms with Crippen LogP contribution in [-0.4, -0.2) is 41.1 Å². The van der Waals surface area contributed by atoms with Crippen molar-refractivity contribution < 1.29 is 13.9 Å². The van der Waals surface area contributed by atoms with E-state index in [1.807, 2.05) is 31.2 Å². The summed E-state index contributed by atoms with van der Waals surface area (Å²) < 4.78 is 11.2. The standard InChI is InChI=1S/C17H20N2O3/c1-11-10-14(17(20)21-11)19-8-6-12(7-9-19)16-18-13-4-2-3-5-15(13)22-16/h2-5,11-12,14H,6-10H2,1H3/t11-,14-/m0/s1. The Bertz CT molecular complexity index is 655. The molecule has 116 valence electrons. The summed E-state index contributed by atoms with van der Waals surface area (Å²) in [6.45, 7) is 3.76. The maximum Gasteiger partial charge on any atom is 0.323 e. The second kappa shape index (κ2) is 5.39. The van der Waals surface area contributed by atoms with Crippen molar-refractivity contribution in [1.82, 2.24) is 9.88 Å². The van der Waals surface area contributed by atoms with E-state index in [1.165, 1.54) is 0 Å². The zero-order valence-electron chi connectivity index (χ0n) is 12.7. The van der Waals surface area contributed by atoms with Crippen LogP contribution in [0.1, 0.15) is 38.0 Å². The molecule has 0 spiro atoms. The lowest BCUT2D eigenvalue weighted by molar-refractivity contribution is -0.145. The zero-order valence-corrected chi connectivity index (χ0v) is 12.7. The summed E-state index contributed by atoms with van der Waals surface area (Å²) >= 11 is 0. The molecular weight excluding hydrogens is 280 g/mol. The molecule has 0 saturated carbocycles. The number of oxazole rings is 1. The van der Waals surface area contributed by atoms with E-state index in [4.69, 9.17) is 9.15 Å². The molecule has 0 bridgehead atoms. The lowest BCUT2D eigenvalue weighted by atomic mass is 9.95. The van der Waals surface area contributed by atoms with Crippen LogP contribution in [0.4, 0.5) is 0 Å². The molecule has 2 fully saturated rings. The summed E-state index contributed by atoms with van der Waals surface area (Å²) in [6.07, 6.45) is 2.81. The first-order valence-electron chi connectivity index (χ1n) is 8.01. The first kappa shape index (κ1) is 13.8. The normalized spacial score (nSPS) is 27.4. The summed E-state index contributed by atoms with van der Waals surface area (Å²) in [5.41, 5.74) is 1.78. The van der Waals surface area contributed by atoms with E-state index in [-0.39, 0.29) is 18.1 Å². The quantitative estimate of drug-likeness (QED) is 0.798. The van der Waals surface area contributed by atoms with Gasteiger partial charge in [-0.3, -0.25) is 9.69 Å². The van der Waals surface area contributed by atoms with Gasteiger partial charge in [0, 0.05) is 12.3 Å². The lowest BCUT2D eigenvalue weighted by Crippen LogP contribution is -2.43. The van der Waals surface area contributed by atoms with Gasteiger partial charge in [0.2, 0.25) is 0 Å². The van der Waals surface area contributed by atoms with Crippen molar-refractivity contribution in [2.45, 2.75) is 44.2 Å². The molecule has 2 saturated heterocycles. The second-order valence-electron chi connectivity index (χ2n) is 6.33. The number of rotatable bonds is 2. The van der Waals surface area contributed by atoms with Gasteiger partial charge in [-0.1, -0.05) is 12.1 Å². The summed E-state index contributed by atoms with van der Waals surface area (Å²) in [7, 11) is 0. The Morgan fingerprint density at radius 2 is 2.00 bits per heavy atom. The highest BCUT2D eigenvalue weighted by molar-refractivity contribution is 5.78. The molecule has 22 heavy (non-hydrogen) atoms. The summed E-state index contributed by atoms with van der Waals surface area (Å²) in [4.78, 5) is 18.7. The number of carbonyl (C=O) groups is 1. The summed E-state index contributed by atoms with van der Waals surface area (Å²) in [5.74, 6) is 1.12. The molecule has 0 radical (unpaired) electrons. The highest BCUT2D eigenvalue weighted by atomic mass is 16.6. The van der Waals surface area contributed by atoms with Gasteiger partial charge >= 0.3 is 5.97 Å². The zero-order chi connectivity index (χ0) is 15.1. The Kier molecular flexibility index (Phi) is 3.37. The number of cyclic esters (lactones) is 1. The second-order valence-corrected chi connectivity index (χ2v) is 6.33. The minimum absolute atomic E-state index is 0.0484. The van der Waals surface area contributed by atoms with E-state index in [1.54, 1.807) is 0 Å². The number of likely N-dealkylation sites (tertiary alicyclic amines) is 1. The smallest absolute Gasteiger partial charge is 0.323 e. The number of carbonyl (C=O) groups excluding carboxylic acids is 1. The SMILES string of the molecule is C[C@H]1C[C@H](N2CCC(c3nc4ccccc4o3)CC2)C(=O)O1. The maximum absolute atomic E-state index is 11.9. The number of hydrogen-bond acceptors (Lipinski definition) is 5. The van der Waals surface area contributed by atoms with Crippen molar-refractivity contribution in [3.05, 3.63) is 30.2 Å². The number of hydrogen-bond donors (Lipinski definition) is 0. The first-order valence-corrected chi connectivity index (χ1v) is 8.01. The van der Waals surface area contributed by atoms with Gasteiger partial charge in [-0.05, 0) is 45.0 Å². The Morgan fingerprint density at radius 1 is 1.23 bits per heavy atom. The Labute approximate surface area is 129 Å². The maximum atomic E-state index is 11.9. The predicted molar refractivity (Wildman–Crippen MR) is 81.5 cm³/mol. The molecule has 1 aromatic heterocycles. The molecule has 0 unspecified atom stereocenters. The third kappa shape index (κ3) is 2.39. The van der Waals surface area contributed by atoms with Gasteiger partial charge in [0.25, 0.3) is 0 Å². The number of esters is 1.